The minimum atomic E-state index is -0.836. The monoisotopic (exact) mass is 874 g/mol. The van der Waals surface area contributed by atoms with E-state index in [1.54, 1.807) is 0 Å². The minimum absolute atomic E-state index is 0.0948. The first-order valence-electron chi connectivity index (χ1n) is 25.6. The number of non-ortho nitro benzene ring substituents is 1. The number of hydrogen-bond acceptors (Lipinski definition) is 7. The van der Waals surface area contributed by atoms with Crippen LogP contribution < -0.4 is 4.74 Å². The molecule has 2 N–H and O–H groups in total. The average molecular weight is 874 g/mol. The van der Waals surface area contributed by atoms with Gasteiger partial charge in [-0.15, -0.1) is 0 Å². The predicted octanol–water partition coefficient (Wildman–Crippen LogP) is 16.7. The lowest BCUT2D eigenvalue weighted by atomic mass is 9.74. The molecular weight excluding hydrogens is 783 g/mol. The van der Waals surface area contributed by atoms with Crippen LogP contribution >= 0.6 is 0 Å². The van der Waals surface area contributed by atoms with Crippen molar-refractivity contribution in [1.82, 2.24) is 0 Å². The van der Waals surface area contributed by atoms with Gasteiger partial charge in [0.25, 0.3) is 5.69 Å². The lowest BCUT2D eigenvalue weighted by Crippen LogP contribution is -2.31. The molecule has 62 heavy (non-hydrogen) atoms. The maximum atomic E-state index is 12.9. The van der Waals surface area contributed by atoms with E-state index in [0.29, 0.717) is 25.7 Å². The molecule has 0 saturated heterocycles. The fourth-order valence-corrected chi connectivity index (χ4v) is 9.19. The number of carbonyl (C=O) groups is 3. The fraction of sp³-hybridized carbons (Fsp3) is 0.827. The fourth-order valence-electron chi connectivity index (χ4n) is 9.19. The molecule has 0 bridgehead atoms. The molecule has 1 aromatic rings. The molecule has 2 unspecified atom stereocenters. The Balaban J connectivity index is 2.86. The molecule has 0 saturated carbocycles. The van der Waals surface area contributed by atoms with Crippen molar-refractivity contribution in [2.45, 2.75) is 265 Å². The molecule has 1 rings (SSSR count). The molecule has 2 atom stereocenters. The van der Waals surface area contributed by atoms with Gasteiger partial charge in [0.1, 0.15) is 11.9 Å². The topological polar surface area (TPSA) is 153 Å². The van der Waals surface area contributed by atoms with Crippen molar-refractivity contribution in [2.75, 3.05) is 0 Å². The average Bonchev–Trinajstić information content (AvgIpc) is 3.25. The highest BCUT2D eigenvalue weighted by atomic mass is 16.7. The number of carboxylic acid groups (broad SMARTS) is 2. The first-order valence-corrected chi connectivity index (χ1v) is 25.6. The van der Waals surface area contributed by atoms with Crippen LogP contribution in [0.3, 0.4) is 0 Å². The molecule has 10 nitrogen and oxygen atoms in total. The first-order chi connectivity index (χ1) is 30.0. The summed E-state index contributed by atoms with van der Waals surface area (Å²) in [5.41, 5.74) is -1.40. The molecule has 0 aliphatic carbocycles. The minimum Gasteiger partial charge on any atom is -0.481 e. The molecule has 10 heteroatoms. The number of carbonyl (C=O) groups excluding carboxylic acids is 1. The van der Waals surface area contributed by atoms with E-state index in [-0.39, 0.29) is 17.5 Å². The van der Waals surface area contributed by atoms with Crippen LogP contribution in [0.2, 0.25) is 0 Å². The van der Waals surface area contributed by atoms with Gasteiger partial charge < -0.3 is 19.7 Å². The Kier molecular flexibility index (Phi) is 33.2. The molecule has 0 fully saturated rings. The molecular formula is C52H91NO9. The van der Waals surface area contributed by atoms with Crippen molar-refractivity contribution in [3.05, 3.63) is 34.4 Å². The van der Waals surface area contributed by atoms with Crippen molar-refractivity contribution in [2.24, 2.45) is 10.8 Å². The summed E-state index contributed by atoms with van der Waals surface area (Å²) in [6.45, 7) is 8.78. The normalized spacial score (nSPS) is 13.9. The van der Waals surface area contributed by atoms with Gasteiger partial charge in [0.05, 0.1) is 15.8 Å². The highest BCUT2D eigenvalue weighted by Gasteiger charge is 2.37. The summed E-state index contributed by atoms with van der Waals surface area (Å²) in [5.74, 6) is -1.10. The van der Waals surface area contributed by atoms with Gasteiger partial charge in [0.15, 0.2) is 0 Å². The standard InChI is InChI=1S/C52H91NO9/c1-5-9-13-17-21-29-41-51(48(54)55,39-27-15-11-7-3)43-31-23-19-25-33-46(61-50(58)62-47-37-35-45(36-38-47)53(59)60)34-26-20-24-32-44-52(49(56)57,40-28-16-12-8-4)42-30-22-18-14-10-6-2/h35-38,46H,5-34,39-44H2,1-4H3,(H,54,55)(H,56,57). The van der Waals surface area contributed by atoms with E-state index in [9.17, 15) is 34.7 Å². The van der Waals surface area contributed by atoms with E-state index in [1.165, 1.54) is 75.6 Å². The maximum Gasteiger partial charge on any atom is 0.514 e. The summed E-state index contributed by atoms with van der Waals surface area (Å²) in [6.07, 6.45) is 34.0. The summed E-state index contributed by atoms with van der Waals surface area (Å²) >= 11 is 0. The smallest absolute Gasteiger partial charge is 0.481 e. The Morgan fingerprint density at radius 3 is 1.10 bits per heavy atom. The summed E-state index contributed by atoms with van der Waals surface area (Å²) in [7, 11) is 0. The lowest BCUT2D eigenvalue weighted by molar-refractivity contribution is -0.384. The summed E-state index contributed by atoms with van der Waals surface area (Å²) in [6, 6.07) is 5.34. The van der Waals surface area contributed by atoms with Crippen LogP contribution in [0.15, 0.2) is 24.3 Å². The number of nitrogens with zero attached hydrogens (tertiary/aromatic N) is 1. The lowest BCUT2D eigenvalue weighted by Gasteiger charge is -2.30. The van der Waals surface area contributed by atoms with Crippen molar-refractivity contribution < 1.29 is 39.0 Å². The molecule has 0 aromatic heterocycles. The van der Waals surface area contributed by atoms with Gasteiger partial charge >= 0.3 is 18.1 Å². The van der Waals surface area contributed by atoms with Crippen molar-refractivity contribution >= 4 is 23.8 Å². The van der Waals surface area contributed by atoms with Gasteiger partial charge in [-0.05, 0) is 76.3 Å². The van der Waals surface area contributed by atoms with E-state index in [4.69, 9.17) is 9.47 Å². The summed E-state index contributed by atoms with van der Waals surface area (Å²) in [4.78, 5) is 49.2. The Labute approximate surface area is 377 Å². The van der Waals surface area contributed by atoms with Gasteiger partial charge in [0, 0.05) is 12.1 Å². The number of unbranched alkanes of at least 4 members (excludes halogenated alkanes) is 22. The van der Waals surface area contributed by atoms with Gasteiger partial charge in [-0.25, -0.2) is 4.79 Å². The number of ether oxygens (including phenoxy) is 2. The second-order valence-corrected chi connectivity index (χ2v) is 18.6. The van der Waals surface area contributed by atoms with Gasteiger partial charge in [-0.3, -0.25) is 19.7 Å². The zero-order chi connectivity index (χ0) is 45.7. The Morgan fingerprint density at radius 2 is 0.790 bits per heavy atom. The SMILES string of the molecule is CCCCCCCCC(CCCCCC)(CCCCCCC(CCCCCCC(CCCCCC)(CCCCCCCC)C(=O)O)OC(=O)Oc1ccc([N+](=O)[O-])cc1)C(=O)O. The molecule has 0 amide bonds. The number of nitro groups is 1. The molecule has 0 aliphatic heterocycles. The van der Waals surface area contributed by atoms with Crippen LogP contribution in [0.5, 0.6) is 5.75 Å². The molecule has 1 aromatic carbocycles. The second-order valence-electron chi connectivity index (χ2n) is 18.6. The summed E-state index contributed by atoms with van der Waals surface area (Å²) in [5, 5.41) is 32.1. The van der Waals surface area contributed by atoms with Crippen LogP contribution in [0, 0.1) is 20.9 Å². The zero-order valence-corrected chi connectivity index (χ0v) is 40.0. The molecule has 0 heterocycles. The molecule has 0 aliphatic rings. The summed E-state index contributed by atoms with van der Waals surface area (Å²) < 4.78 is 11.3. The highest BCUT2D eigenvalue weighted by molar-refractivity contribution is 5.75. The van der Waals surface area contributed by atoms with Gasteiger partial charge in [-0.1, -0.05) is 195 Å². The number of rotatable bonds is 43. The largest absolute Gasteiger partial charge is 0.514 e. The van der Waals surface area contributed by atoms with E-state index >= 15 is 0 Å². The highest BCUT2D eigenvalue weighted by Crippen LogP contribution is 2.39. The van der Waals surface area contributed by atoms with E-state index in [0.717, 1.165) is 154 Å². The third-order valence-corrected chi connectivity index (χ3v) is 13.3. The van der Waals surface area contributed by atoms with Crippen LogP contribution in [-0.4, -0.2) is 39.3 Å². The third kappa shape index (κ3) is 25.8. The number of aliphatic carboxylic acids is 2. The van der Waals surface area contributed by atoms with E-state index < -0.39 is 33.8 Å². The molecule has 0 radical (unpaired) electrons. The zero-order valence-electron chi connectivity index (χ0n) is 40.0. The quantitative estimate of drug-likeness (QED) is 0.0215. The van der Waals surface area contributed by atoms with Gasteiger partial charge in [-0.2, -0.15) is 0 Å². The van der Waals surface area contributed by atoms with Crippen LogP contribution in [0.4, 0.5) is 10.5 Å². The number of benzene rings is 1. The van der Waals surface area contributed by atoms with Crippen LogP contribution in [0.25, 0.3) is 0 Å². The van der Waals surface area contributed by atoms with Crippen LogP contribution in [0.1, 0.15) is 259 Å². The third-order valence-electron chi connectivity index (χ3n) is 13.3. The Bertz CT molecular complexity index is 1240. The number of carboxylic acids is 2. The maximum absolute atomic E-state index is 12.9. The van der Waals surface area contributed by atoms with Crippen molar-refractivity contribution in [3.63, 3.8) is 0 Å². The predicted molar refractivity (Wildman–Crippen MR) is 253 cm³/mol. The van der Waals surface area contributed by atoms with Crippen molar-refractivity contribution in [3.8, 4) is 5.75 Å². The second kappa shape index (κ2) is 36.2. The molecule has 0 spiro atoms. The first kappa shape index (κ1) is 56.8. The number of nitro benzene ring substituents is 1. The van der Waals surface area contributed by atoms with Crippen LogP contribution in [-0.2, 0) is 14.3 Å². The Morgan fingerprint density at radius 1 is 0.500 bits per heavy atom. The van der Waals surface area contributed by atoms with E-state index in [1.807, 2.05) is 0 Å². The van der Waals surface area contributed by atoms with Gasteiger partial charge in [0.2, 0.25) is 0 Å². The van der Waals surface area contributed by atoms with E-state index in [2.05, 4.69) is 27.7 Å². The number of hydrogen-bond donors (Lipinski definition) is 2. The Hall–Kier alpha value is -3.17. The van der Waals surface area contributed by atoms with Crippen molar-refractivity contribution in [1.29, 1.82) is 0 Å². The molecule has 358 valence electrons.